The molecular weight excluding hydrogens is 267 g/mol. The zero-order valence-corrected chi connectivity index (χ0v) is 9.71. The van der Waals surface area contributed by atoms with Crippen molar-refractivity contribution in [3.8, 4) is 0 Å². The van der Waals surface area contributed by atoms with Crippen LogP contribution in [0.15, 0.2) is 0 Å². The molecule has 2 heteroatoms. The molecule has 0 nitrogen and oxygen atoms in total. The molecule has 0 bridgehead atoms. The Bertz CT molecular complexity index is 61.1. The van der Waals surface area contributed by atoms with E-state index in [2.05, 4.69) is 13.5 Å². The van der Waals surface area contributed by atoms with Crippen LogP contribution in [0.5, 0.6) is 0 Å². The Morgan fingerprint density at radius 3 is 2.29 bits per heavy atom. The molecule has 7 heavy (non-hydrogen) atoms. The normalized spacial score (nSPS) is 9.14. The van der Waals surface area contributed by atoms with Gasteiger partial charge in [0.1, 0.15) is 0 Å². The summed E-state index contributed by atoms with van der Waals surface area (Å²) in [4.78, 5) is 0. The molecule has 0 aliphatic heterocycles. The van der Waals surface area contributed by atoms with Gasteiger partial charge in [0, 0.05) is 0 Å². The molecule has 0 saturated carbocycles. The van der Waals surface area contributed by atoms with E-state index in [4.69, 9.17) is 0 Å². The monoisotopic (exact) mass is 280 g/mol. The molecule has 0 aromatic heterocycles. The van der Waals surface area contributed by atoms with Crippen LogP contribution >= 0.6 is 0 Å². The van der Waals surface area contributed by atoms with Crippen LogP contribution in [0.2, 0.25) is 12.6 Å². The van der Waals surface area contributed by atoms with Crippen molar-refractivity contribution in [2.75, 3.05) is 0 Å². The van der Waals surface area contributed by atoms with Crippen molar-refractivity contribution < 1.29 is 23.0 Å². The van der Waals surface area contributed by atoms with E-state index in [1.807, 2.05) is 0 Å². The van der Waals surface area contributed by atoms with E-state index in [0.717, 1.165) is 0 Å². The van der Waals surface area contributed by atoms with Gasteiger partial charge in [-0.3, -0.25) is 0 Å². The van der Waals surface area contributed by atoms with Crippen molar-refractivity contribution in [3.05, 3.63) is 0 Å². The minimum atomic E-state index is 0.242. The Morgan fingerprint density at radius 2 is 2.14 bits per heavy atom. The van der Waals surface area contributed by atoms with Crippen molar-refractivity contribution in [1.29, 1.82) is 0 Å². The quantitative estimate of drug-likeness (QED) is 0.693. The van der Waals surface area contributed by atoms with Crippen LogP contribution in [0, 0.1) is 0 Å². The molecule has 0 aromatic carbocycles. The van der Waals surface area contributed by atoms with Gasteiger partial charge in [-0.25, -0.2) is 0 Å². The summed E-state index contributed by atoms with van der Waals surface area (Å²) in [5, 5.41) is 0. The van der Waals surface area contributed by atoms with Crippen molar-refractivity contribution in [2.45, 2.75) is 32.4 Å². The molecule has 0 saturated heterocycles. The van der Waals surface area contributed by atoms with E-state index < -0.39 is 0 Å². The van der Waals surface area contributed by atoms with Crippen LogP contribution in [0.1, 0.15) is 19.8 Å². The Morgan fingerprint density at radius 1 is 1.57 bits per heavy atom. The van der Waals surface area contributed by atoms with Gasteiger partial charge in [-0.15, -0.1) is 0 Å². The summed E-state index contributed by atoms with van der Waals surface area (Å²) in [5.41, 5.74) is 0.242. The van der Waals surface area contributed by atoms with E-state index in [1.54, 1.807) is 6.04 Å². The molecule has 0 atom stereocenters. The van der Waals surface area contributed by atoms with Gasteiger partial charge < -0.3 is 0 Å². The molecule has 0 fully saturated rings. The zero-order valence-electron chi connectivity index (χ0n) is 5.12. The average Bonchev–Trinajstić information content (AvgIpc) is 1.61. The summed E-state index contributed by atoms with van der Waals surface area (Å²) in [6, 6.07) is 1.56. The summed E-state index contributed by atoms with van der Waals surface area (Å²) in [7, 11) is 0. The van der Waals surface area contributed by atoms with Crippen molar-refractivity contribution >= 4 is 5.49 Å². The minimum absolute atomic E-state index is 0.242. The SMILES string of the molecule is CCCC[Si](C)=[Hf+2]. The first-order valence-electron chi connectivity index (χ1n) is 2.81. The summed E-state index contributed by atoms with van der Waals surface area (Å²) in [6.07, 6.45) is 2.87. The molecule has 38 valence electrons. The molecule has 0 N–H and O–H groups in total. The van der Waals surface area contributed by atoms with Crippen molar-refractivity contribution in [3.63, 3.8) is 0 Å². The van der Waals surface area contributed by atoms with E-state index >= 15 is 0 Å². The number of hydrogen-bond acceptors (Lipinski definition) is 0. The molecule has 0 rings (SSSR count). The molecule has 0 heterocycles. The molecular formula is C5H12HfSi+2. The van der Waals surface area contributed by atoms with Crippen LogP contribution in [0.3, 0.4) is 0 Å². The van der Waals surface area contributed by atoms with Gasteiger partial charge in [0.15, 0.2) is 0 Å². The van der Waals surface area contributed by atoms with E-state index in [0.29, 0.717) is 0 Å². The third-order valence-corrected chi connectivity index (χ3v) is 4.70. The molecule has 0 aliphatic carbocycles. The van der Waals surface area contributed by atoms with E-state index in [-0.39, 0.29) is 5.49 Å². The number of rotatable bonds is 3. The topological polar surface area (TPSA) is 0 Å². The van der Waals surface area contributed by atoms with Crippen molar-refractivity contribution in [2.24, 2.45) is 0 Å². The fraction of sp³-hybridized carbons (Fsp3) is 1.00. The predicted molar refractivity (Wildman–Crippen MR) is 31.3 cm³/mol. The summed E-state index contributed by atoms with van der Waals surface area (Å²) in [6.45, 7) is 4.71. The van der Waals surface area contributed by atoms with Crippen LogP contribution in [-0.2, 0) is 23.0 Å². The first-order chi connectivity index (χ1) is 3.27. The van der Waals surface area contributed by atoms with Gasteiger partial charge >= 0.3 is 60.9 Å². The van der Waals surface area contributed by atoms with Gasteiger partial charge in [-0.05, 0) is 0 Å². The Hall–Kier alpha value is 1.09. The molecule has 0 aliphatic rings. The first kappa shape index (κ1) is 8.09. The van der Waals surface area contributed by atoms with Crippen LogP contribution < -0.4 is 0 Å². The summed E-state index contributed by atoms with van der Waals surface area (Å²) < 4.78 is 0. The Balaban J connectivity index is 2.82. The molecule has 0 amide bonds. The standard InChI is InChI=1S/C5H12Si.Hf/c1-3-4-5-6-2;/h3-5H2,1-2H3;/q;+2. The fourth-order valence-corrected chi connectivity index (χ4v) is 3.23. The van der Waals surface area contributed by atoms with Gasteiger partial charge in [-0.2, -0.15) is 0 Å². The number of hydrogen-bond donors (Lipinski definition) is 0. The van der Waals surface area contributed by atoms with Crippen molar-refractivity contribution in [1.82, 2.24) is 0 Å². The van der Waals surface area contributed by atoms with Gasteiger partial charge in [0.25, 0.3) is 0 Å². The fourth-order valence-electron chi connectivity index (χ4n) is 0.442. The van der Waals surface area contributed by atoms with Gasteiger partial charge in [0.05, 0.1) is 0 Å². The van der Waals surface area contributed by atoms with Crippen LogP contribution in [0.25, 0.3) is 0 Å². The Kier molecular flexibility index (Phi) is 6.04. The summed E-state index contributed by atoms with van der Waals surface area (Å²) in [5.74, 6) is 0. The third-order valence-electron chi connectivity index (χ3n) is 0.905. The van der Waals surface area contributed by atoms with E-state index in [1.165, 1.54) is 35.8 Å². The molecule has 0 unspecified atom stereocenters. The maximum absolute atomic E-state index is 2.44. The predicted octanol–water partition coefficient (Wildman–Crippen LogP) is 1.95. The average molecular weight is 279 g/mol. The second-order valence-corrected chi connectivity index (χ2v) is 13.1. The molecule has 0 radical (unpaired) electrons. The van der Waals surface area contributed by atoms with Gasteiger partial charge in [-0.1, -0.05) is 0 Å². The second-order valence-electron chi connectivity index (χ2n) is 1.88. The van der Waals surface area contributed by atoms with Crippen LogP contribution in [-0.4, -0.2) is 5.49 Å². The molecule has 0 spiro atoms. The van der Waals surface area contributed by atoms with Crippen LogP contribution in [0.4, 0.5) is 0 Å². The maximum atomic E-state index is 2.44. The van der Waals surface area contributed by atoms with Gasteiger partial charge in [0.2, 0.25) is 0 Å². The molecule has 0 aromatic rings. The van der Waals surface area contributed by atoms with E-state index in [9.17, 15) is 0 Å². The first-order valence-corrected chi connectivity index (χ1v) is 10.4. The zero-order chi connectivity index (χ0) is 5.70. The summed E-state index contributed by atoms with van der Waals surface area (Å²) >= 11 is 1.49. The Labute approximate surface area is 60.8 Å². The third kappa shape index (κ3) is 7.09. The second kappa shape index (κ2) is 5.23. The number of unbranched alkanes of at least 4 members (excludes halogenated alkanes) is 1.